The topological polar surface area (TPSA) is 115 Å². The Morgan fingerprint density at radius 1 is 0.915 bits per heavy atom. The number of alkyl halides is 2. The van der Waals surface area contributed by atoms with Crippen molar-refractivity contribution in [2.45, 2.75) is 31.6 Å². The predicted octanol–water partition coefficient (Wildman–Crippen LogP) is 7.97. The molecular formula is C37H30F2N4O4. The number of hydrogen-bond acceptors (Lipinski definition) is 7. The van der Waals surface area contributed by atoms with E-state index in [9.17, 15) is 18.4 Å². The first-order valence-corrected chi connectivity index (χ1v) is 15.3. The highest BCUT2D eigenvalue weighted by atomic mass is 19.3. The molecule has 8 nitrogen and oxygen atoms in total. The fourth-order valence-corrected chi connectivity index (χ4v) is 5.72. The second-order valence-electron chi connectivity index (χ2n) is 11.7. The molecule has 1 amide bonds. The van der Waals surface area contributed by atoms with Crippen LogP contribution in [0.15, 0.2) is 100 Å². The SMILES string of the molecule is Nc1ccc(/C=C/C(=O)CCc2cc3cc(-c4ccc(C(=O)N5CCC(F)(F)CC5)cn4)cc(-c4cc5ccccc5o4)c3o2)cn1. The van der Waals surface area contributed by atoms with Crippen molar-refractivity contribution in [2.75, 3.05) is 18.8 Å². The monoisotopic (exact) mass is 632 g/mol. The van der Waals surface area contributed by atoms with Gasteiger partial charge in [0.25, 0.3) is 11.8 Å². The first-order valence-electron chi connectivity index (χ1n) is 15.3. The van der Waals surface area contributed by atoms with E-state index in [4.69, 9.17) is 14.6 Å². The van der Waals surface area contributed by atoms with E-state index in [0.717, 1.165) is 33.0 Å². The molecule has 47 heavy (non-hydrogen) atoms. The number of likely N-dealkylation sites (tertiary alicyclic amines) is 1. The van der Waals surface area contributed by atoms with Gasteiger partial charge < -0.3 is 19.5 Å². The normalized spacial score (nSPS) is 14.7. The number of hydrogen-bond donors (Lipinski definition) is 1. The molecule has 0 spiro atoms. The van der Waals surface area contributed by atoms with Crippen molar-refractivity contribution in [3.8, 4) is 22.6 Å². The third kappa shape index (κ3) is 6.53. The van der Waals surface area contributed by atoms with Crippen LogP contribution in [-0.2, 0) is 11.2 Å². The third-order valence-corrected chi connectivity index (χ3v) is 8.34. The van der Waals surface area contributed by atoms with Crippen molar-refractivity contribution in [2.24, 2.45) is 0 Å². The van der Waals surface area contributed by atoms with Gasteiger partial charge in [0.1, 0.15) is 28.5 Å². The van der Waals surface area contributed by atoms with E-state index in [2.05, 4.69) is 9.97 Å². The molecule has 4 aromatic heterocycles. The van der Waals surface area contributed by atoms with Crippen LogP contribution in [-0.4, -0.2) is 45.6 Å². The van der Waals surface area contributed by atoms with Crippen LogP contribution in [0.2, 0.25) is 0 Å². The summed E-state index contributed by atoms with van der Waals surface area (Å²) in [5.74, 6) is -1.43. The molecule has 6 aromatic rings. The van der Waals surface area contributed by atoms with E-state index in [-0.39, 0.29) is 44.0 Å². The van der Waals surface area contributed by atoms with Gasteiger partial charge in [-0.25, -0.2) is 13.8 Å². The second kappa shape index (κ2) is 12.3. The Balaban J connectivity index is 1.17. The number of rotatable bonds is 8. The summed E-state index contributed by atoms with van der Waals surface area (Å²) in [5.41, 5.74) is 10.2. The highest BCUT2D eigenvalue weighted by Gasteiger charge is 2.35. The summed E-state index contributed by atoms with van der Waals surface area (Å²) in [6, 6.07) is 22.3. The fourth-order valence-electron chi connectivity index (χ4n) is 5.72. The molecule has 2 aromatic carbocycles. The van der Waals surface area contributed by atoms with Crippen LogP contribution < -0.4 is 5.73 Å². The van der Waals surface area contributed by atoms with Crippen LogP contribution in [0.3, 0.4) is 0 Å². The lowest BCUT2D eigenvalue weighted by Gasteiger charge is -2.31. The van der Waals surface area contributed by atoms with Gasteiger partial charge in [-0.2, -0.15) is 0 Å². The zero-order chi connectivity index (χ0) is 32.5. The Kier molecular flexibility index (Phi) is 7.85. The number of amides is 1. The Labute approximate surface area is 268 Å². The van der Waals surface area contributed by atoms with Crippen LogP contribution in [0.1, 0.15) is 40.9 Å². The molecular weight excluding hydrogens is 602 g/mol. The smallest absolute Gasteiger partial charge is 0.255 e. The highest BCUT2D eigenvalue weighted by Crippen LogP contribution is 2.38. The van der Waals surface area contributed by atoms with Gasteiger partial charge >= 0.3 is 0 Å². The van der Waals surface area contributed by atoms with E-state index in [1.807, 2.05) is 48.5 Å². The molecule has 10 heteroatoms. The van der Waals surface area contributed by atoms with Gasteiger partial charge in [0.15, 0.2) is 5.78 Å². The zero-order valence-corrected chi connectivity index (χ0v) is 25.3. The van der Waals surface area contributed by atoms with Gasteiger partial charge in [-0.05, 0) is 72.3 Å². The van der Waals surface area contributed by atoms with E-state index in [0.29, 0.717) is 40.6 Å². The Morgan fingerprint density at radius 3 is 2.49 bits per heavy atom. The number of carbonyl (C=O) groups is 2. The zero-order valence-electron chi connectivity index (χ0n) is 25.3. The van der Waals surface area contributed by atoms with E-state index >= 15 is 0 Å². The molecule has 1 saturated heterocycles. The van der Waals surface area contributed by atoms with Gasteiger partial charge in [-0.1, -0.05) is 18.2 Å². The number of nitrogens with two attached hydrogens (primary N) is 1. The van der Waals surface area contributed by atoms with Crippen LogP contribution >= 0.6 is 0 Å². The molecule has 0 atom stereocenters. The Hall–Kier alpha value is -5.64. The Bertz CT molecular complexity index is 2090. The minimum Gasteiger partial charge on any atom is -0.460 e. The first kappa shape index (κ1) is 30.0. The number of aryl methyl sites for hydroxylation is 1. The Morgan fingerprint density at radius 2 is 1.74 bits per heavy atom. The summed E-state index contributed by atoms with van der Waals surface area (Å²) in [6.07, 6.45) is 6.28. The summed E-state index contributed by atoms with van der Waals surface area (Å²) in [6.45, 7) is 0.0196. The van der Waals surface area contributed by atoms with Crippen molar-refractivity contribution in [1.29, 1.82) is 0 Å². The average Bonchev–Trinajstić information content (AvgIpc) is 3.71. The van der Waals surface area contributed by atoms with Gasteiger partial charge in [-0.3, -0.25) is 14.6 Å². The summed E-state index contributed by atoms with van der Waals surface area (Å²) < 4.78 is 39.7. The quantitative estimate of drug-likeness (QED) is 0.169. The number of furan rings is 2. The van der Waals surface area contributed by atoms with Crippen LogP contribution in [0, 0.1) is 0 Å². The maximum Gasteiger partial charge on any atom is 0.255 e. The highest BCUT2D eigenvalue weighted by molar-refractivity contribution is 5.98. The lowest BCUT2D eigenvalue weighted by Crippen LogP contribution is -2.42. The molecule has 0 radical (unpaired) electrons. The summed E-state index contributed by atoms with van der Waals surface area (Å²) >= 11 is 0. The number of allylic oxidation sites excluding steroid dienone is 1. The first-order chi connectivity index (χ1) is 22.7. The number of ketones is 1. The van der Waals surface area contributed by atoms with Crippen molar-refractivity contribution < 1.29 is 27.2 Å². The molecule has 2 N–H and O–H groups in total. The van der Waals surface area contributed by atoms with E-state index in [1.54, 1.807) is 36.5 Å². The number of benzene rings is 2. The van der Waals surface area contributed by atoms with Crippen molar-refractivity contribution in [3.63, 3.8) is 0 Å². The standard InChI is InChI=1S/C37H30F2N4O4/c38-37(39)13-15-43(16-14-37)36(45)25-7-11-31(41-22-25)26-17-27-18-29(10-9-28(44)8-5-23-6-12-34(40)42-21-23)46-35(27)30(19-26)33-20-24-3-1-2-4-32(24)47-33/h1-8,11-12,17-22H,9-10,13-16H2,(H2,40,42)/b8-5+. The van der Waals surface area contributed by atoms with Gasteiger partial charge in [0, 0.05) is 67.5 Å². The number of fused-ring (bicyclic) bond motifs is 2. The van der Waals surface area contributed by atoms with E-state index < -0.39 is 5.92 Å². The number of nitrogen functional groups attached to an aromatic ring is 1. The van der Waals surface area contributed by atoms with Crippen molar-refractivity contribution in [3.05, 3.63) is 108 Å². The number of halogens is 2. The van der Waals surface area contributed by atoms with Crippen LogP contribution in [0.5, 0.6) is 0 Å². The number of carbonyl (C=O) groups excluding carboxylic acids is 2. The van der Waals surface area contributed by atoms with E-state index in [1.165, 1.54) is 17.2 Å². The number of anilines is 1. The maximum absolute atomic E-state index is 13.6. The molecule has 0 saturated carbocycles. The maximum atomic E-state index is 13.6. The molecule has 0 unspecified atom stereocenters. The molecule has 0 aliphatic carbocycles. The van der Waals surface area contributed by atoms with Crippen LogP contribution in [0.25, 0.3) is 50.6 Å². The lowest BCUT2D eigenvalue weighted by atomic mass is 10.0. The predicted molar refractivity (Wildman–Crippen MR) is 176 cm³/mol. The van der Waals surface area contributed by atoms with Gasteiger partial charge in [-0.15, -0.1) is 0 Å². The average molecular weight is 633 g/mol. The molecule has 7 rings (SSSR count). The molecule has 236 valence electrons. The molecule has 1 aliphatic rings. The molecule has 0 bridgehead atoms. The number of pyridine rings is 2. The number of piperidine rings is 1. The molecule has 1 aliphatic heterocycles. The van der Waals surface area contributed by atoms with Gasteiger partial charge in [0.2, 0.25) is 0 Å². The van der Waals surface area contributed by atoms with Gasteiger partial charge in [0.05, 0.1) is 16.8 Å². The molecule has 1 fully saturated rings. The minimum atomic E-state index is -2.73. The largest absolute Gasteiger partial charge is 0.460 e. The number of para-hydroxylation sites is 1. The summed E-state index contributed by atoms with van der Waals surface area (Å²) in [5, 5.41) is 1.75. The summed E-state index contributed by atoms with van der Waals surface area (Å²) in [4.78, 5) is 35.7. The minimum absolute atomic E-state index is 0.00980. The van der Waals surface area contributed by atoms with Crippen molar-refractivity contribution in [1.82, 2.24) is 14.9 Å². The van der Waals surface area contributed by atoms with Crippen LogP contribution in [0.4, 0.5) is 14.6 Å². The number of aromatic nitrogens is 2. The summed E-state index contributed by atoms with van der Waals surface area (Å²) in [7, 11) is 0. The third-order valence-electron chi connectivity index (χ3n) is 8.34. The lowest BCUT2D eigenvalue weighted by molar-refractivity contribution is -0.114. The van der Waals surface area contributed by atoms with Crippen molar-refractivity contribution >= 4 is 45.5 Å². The molecule has 5 heterocycles. The number of nitrogens with zero attached hydrogens (tertiary/aromatic N) is 3. The second-order valence-corrected chi connectivity index (χ2v) is 11.7. The fraction of sp³-hybridized carbons (Fsp3) is 0.189.